The number of amides is 1. The molecule has 5 heteroatoms. The van der Waals surface area contributed by atoms with Crippen LogP contribution in [-0.2, 0) is 11.3 Å². The quantitative estimate of drug-likeness (QED) is 0.459. The smallest absolute Gasteiger partial charge is 0.413 e. The number of carbonyl (C=O) groups is 1. The zero-order valence-corrected chi connectivity index (χ0v) is 13.6. The predicted molar refractivity (Wildman–Crippen MR) is 92.1 cm³/mol. The van der Waals surface area contributed by atoms with E-state index in [1.54, 1.807) is 0 Å². The second-order valence-corrected chi connectivity index (χ2v) is 7.31. The highest BCUT2D eigenvalue weighted by molar-refractivity contribution is 8.15. The lowest BCUT2D eigenvalue weighted by molar-refractivity contribution is 0.145. The number of rotatable bonds is 4. The van der Waals surface area contributed by atoms with Gasteiger partial charge in [0.05, 0.1) is 0 Å². The standard InChI is InChI=1S/C17H20N2O2S/c1-22(2)15-10-8-14(9-11-15)16(18)19-17(20)21-12-13-6-4-3-5-7-13/h3-11,22H,12H2,1-2H3,(H2,18,19,20). The van der Waals surface area contributed by atoms with Crippen molar-refractivity contribution in [2.45, 2.75) is 11.5 Å². The molecule has 0 aromatic heterocycles. The van der Waals surface area contributed by atoms with Crippen molar-refractivity contribution < 1.29 is 9.53 Å². The van der Waals surface area contributed by atoms with Gasteiger partial charge in [-0.15, -0.1) is 0 Å². The molecule has 4 nitrogen and oxygen atoms in total. The number of hydrogen-bond acceptors (Lipinski definition) is 3. The topological polar surface area (TPSA) is 62.2 Å². The maximum Gasteiger partial charge on any atom is 0.413 e. The van der Waals surface area contributed by atoms with E-state index in [1.807, 2.05) is 54.6 Å². The molecule has 2 aromatic rings. The lowest BCUT2D eigenvalue weighted by Gasteiger charge is -2.11. The molecule has 0 spiro atoms. The number of ether oxygens (including phenoxy) is 1. The van der Waals surface area contributed by atoms with Crippen molar-refractivity contribution in [3.63, 3.8) is 0 Å². The fraction of sp³-hybridized carbons (Fsp3) is 0.176. The van der Waals surface area contributed by atoms with Crippen LogP contribution in [0.3, 0.4) is 0 Å². The van der Waals surface area contributed by atoms with Gasteiger partial charge >= 0.3 is 6.09 Å². The second kappa shape index (κ2) is 7.66. The van der Waals surface area contributed by atoms with E-state index in [4.69, 9.17) is 10.1 Å². The molecule has 0 fully saturated rings. The molecule has 0 aliphatic heterocycles. The van der Waals surface area contributed by atoms with Crippen LogP contribution in [0.15, 0.2) is 59.5 Å². The van der Waals surface area contributed by atoms with Crippen LogP contribution in [0.4, 0.5) is 4.79 Å². The molecular weight excluding hydrogens is 296 g/mol. The molecule has 2 N–H and O–H groups in total. The molecule has 116 valence electrons. The Morgan fingerprint density at radius 2 is 1.73 bits per heavy atom. The number of benzene rings is 2. The van der Waals surface area contributed by atoms with Gasteiger partial charge in [0.1, 0.15) is 12.4 Å². The van der Waals surface area contributed by atoms with E-state index < -0.39 is 6.09 Å². The number of amidine groups is 1. The van der Waals surface area contributed by atoms with Gasteiger partial charge < -0.3 is 4.74 Å². The summed E-state index contributed by atoms with van der Waals surface area (Å²) in [4.78, 5) is 13.0. The molecule has 0 aliphatic rings. The van der Waals surface area contributed by atoms with Crippen LogP contribution >= 0.6 is 10.9 Å². The van der Waals surface area contributed by atoms with E-state index in [2.05, 4.69) is 17.8 Å². The van der Waals surface area contributed by atoms with Crippen molar-refractivity contribution in [2.75, 3.05) is 12.5 Å². The van der Waals surface area contributed by atoms with Crippen LogP contribution in [0.25, 0.3) is 0 Å². The lowest BCUT2D eigenvalue weighted by Crippen LogP contribution is -2.30. The molecule has 0 unspecified atom stereocenters. The van der Waals surface area contributed by atoms with E-state index in [0.717, 1.165) is 5.56 Å². The van der Waals surface area contributed by atoms with E-state index in [9.17, 15) is 4.79 Å². The maximum absolute atomic E-state index is 11.7. The summed E-state index contributed by atoms with van der Waals surface area (Å²) in [5.41, 5.74) is 1.57. The highest BCUT2D eigenvalue weighted by atomic mass is 32.2. The largest absolute Gasteiger partial charge is 0.444 e. The number of alkyl carbamates (subject to hydrolysis) is 1. The summed E-state index contributed by atoms with van der Waals surface area (Å²) >= 11 is 0. The van der Waals surface area contributed by atoms with Crippen LogP contribution in [0, 0.1) is 5.41 Å². The number of hydrogen-bond donors (Lipinski definition) is 3. The molecule has 0 aliphatic carbocycles. The Hall–Kier alpha value is -2.27. The summed E-state index contributed by atoms with van der Waals surface area (Å²) in [7, 11) is -0.158. The Morgan fingerprint density at radius 3 is 2.32 bits per heavy atom. The SMILES string of the molecule is C[SH](C)c1ccc(C(=N)NC(=O)OCc2ccccc2)cc1. The van der Waals surface area contributed by atoms with Crippen LogP contribution in [0.1, 0.15) is 11.1 Å². The highest BCUT2D eigenvalue weighted by Crippen LogP contribution is 2.27. The summed E-state index contributed by atoms with van der Waals surface area (Å²) in [5.74, 6) is 0.0427. The molecule has 2 rings (SSSR count). The molecule has 0 saturated heterocycles. The van der Waals surface area contributed by atoms with E-state index in [0.29, 0.717) is 5.56 Å². The summed E-state index contributed by atoms with van der Waals surface area (Å²) in [5, 5.41) is 10.4. The summed E-state index contributed by atoms with van der Waals surface area (Å²) in [6.45, 7) is 0.189. The van der Waals surface area contributed by atoms with Gasteiger partial charge in [0.15, 0.2) is 0 Å². The number of nitrogens with one attached hydrogen (secondary N) is 2. The van der Waals surface area contributed by atoms with Crippen LogP contribution in [-0.4, -0.2) is 24.4 Å². The van der Waals surface area contributed by atoms with Crippen LogP contribution in [0.2, 0.25) is 0 Å². The Kier molecular flexibility index (Phi) is 5.61. The van der Waals surface area contributed by atoms with E-state index in [-0.39, 0.29) is 23.3 Å². The summed E-state index contributed by atoms with van der Waals surface area (Å²) in [6, 6.07) is 17.1. The first-order valence-electron chi connectivity index (χ1n) is 6.90. The zero-order valence-electron chi connectivity index (χ0n) is 12.7. The molecule has 0 radical (unpaired) electrons. The van der Waals surface area contributed by atoms with Crippen LogP contribution < -0.4 is 5.32 Å². The molecule has 22 heavy (non-hydrogen) atoms. The Balaban J connectivity index is 1.87. The monoisotopic (exact) mass is 316 g/mol. The van der Waals surface area contributed by atoms with Crippen molar-refractivity contribution in [3.05, 3.63) is 65.7 Å². The first-order chi connectivity index (χ1) is 10.6. The Labute approximate surface area is 133 Å². The third kappa shape index (κ3) is 4.63. The first-order valence-corrected chi connectivity index (χ1v) is 9.14. The predicted octanol–water partition coefficient (Wildman–Crippen LogP) is 3.56. The molecular formula is C17H20N2O2S. The average molecular weight is 316 g/mol. The van der Waals surface area contributed by atoms with Gasteiger partial charge in [0.25, 0.3) is 0 Å². The maximum atomic E-state index is 11.7. The second-order valence-electron chi connectivity index (χ2n) is 5.00. The molecule has 0 heterocycles. The highest BCUT2D eigenvalue weighted by Gasteiger charge is 2.08. The van der Waals surface area contributed by atoms with Gasteiger partial charge in [-0.05, 0) is 35.1 Å². The van der Waals surface area contributed by atoms with Gasteiger partial charge in [-0.25, -0.2) is 15.7 Å². The van der Waals surface area contributed by atoms with E-state index in [1.165, 1.54) is 4.90 Å². The lowest BCUT2D eigenvalue weighted by atomic mass is 10.2. The normalized spacial score (nSPS) is 10.7. The number of thiol groups is 1. The third-order valence-corrected chi connectivity index (χ3v) is 4.44. The van der Waals surface area contributed by atoms with Crippen molar-refractivity contribution >= 4 is 22.8 Å². The molecule has 1 amide bonds. The molecule has 2 aromatic carbocycles. The molecule has 0 atom stereocenters. The minimum Gasteiger partial charge on any atom is -0.444 e. The minimum absolute atomic E-state index is 0.0427. The molecule has 0 bridgehead atoms. The van der Waals surface area contributed by atoms with Crippen molar-refractivity contribution in [3.8, 4) is 0 Å². The average Bonchev–Trinajstić information content (AvgIpc) is 2.54. The van der Waals surface area contributed by atoms with Gasteiger partial charge in [0.2, 0.25) is 0 Å². The Bertz CT molecular complexity index is 639. The van der Waals surface area contributed by atoms with Gasteiger partial charge in [-0.1, -0.05) is 42.5 Å². The van der Waals surface area contributed by atoms with Crippen LogP contribution in [0.5, 0.6) is 0 Å². The Morgan fingerprint density at radius 1 is 1.09 bits per heavy atom. The third-order valence-electron chi connectivity index (χ3n) is 3.11. The van der Waals surface area contributed by atoms with Gasteiger partial charge in [-0.2, -0.15) is 0 Å². The van der Waals surface area contributed by atoms with E-state index >= 15 is 0 Å². The zero-order chi connectivity index (χ0) is 15.9. The number of carbonyl (C=O) groups excluding carboxylic acids is 1. The molecule has 0 saturated carbocycles. The van der Waals surface area contributed by atoms with Crippen molar-refractivity contribution in [2.24, 2.45) is 0 Å². The van der Waals surface area contributed by atoms with Gasteiger partial charge in [-0.3, -0.25) is 10.7 Å². The fourth-order valence-electron chi connectivity index (χ4n) is 1.86. The minimum atomic E-state index is -0.619. The van der Waals surface area contributed by atoms with Crippen molar-refractivity contribution in [1.82, 2.24) is 5.32 Å². The summed E-state index contributed by atoms with van der Waals surface area (Å²) < 4.78 is 5.09. The van der Waals surface area contributed by atoms with Gasteiger partial charge in [0, 0.05) is 5.56 Å². The summed E-state index contributed by atoms with van der Waals surface area (Å²) in [6.07, 6.45) is 3.73. The van der Waals surface area contributed by atoms with Crippen molar-refractivity contribution in [1.29, 1.82) is 5.41 Å². The first kappa shape index (κ1) is 16.1. The fourth-order valence-corrected chi connectivity index (χ4v) is 2.61.